The molecule has 43 heavy (non-hydrogen) atoms. The molecule has 6 rings (SSSR count). The highest BCUT2D eigenvalue weighted by Crippen LogP contribution is 2.34. The summed E-state index contributed by atoms with van der Waals surface area (Å²) in [5, 5.41) is 11.9. The van der Waals surface area contributed by atoms with Crippen molar-refractivity contribution < 1.29 is 9.63 Å². The van der Waals surface area contributed by atoms with Crippen LogP contribution in [0.15, 0.2) is 36.7 Å². The standard InChI is InChI=1S/C30H43N9O2.2ClH/c31-22-10-12-23(13-11-22)35-29-36-27(26-28(37-29)39(20-33-26)25-8-4-5-9-25)34-24-15-18-38(19-16-24)41-30(40)32-17-14-21-6-2-1-3-7-21;;/h1-3,6-7,20,22-25H,4-5,8-19,31H2,(H,32,40)(H2,34,35,36,37);2*1H. The minimum atomic E-state index is -0.401. The molecule has 1 aliphatic heterocycles. The van der Waals surface area contributed by atoms with Gasteiger partial charge in [-0.25, -0.2) is 9.78 Å². The van der Waals surface area contributed by atoms with Crippen molar-refractivity contribution in [3.05, 3.63) is 42.2 Å². The number of amides is 1. The summed E-state index contributed by atoms with van der Waals surface area (Å²) in [5.74, 6) is 1.44. The van der Waals surface area contributed by atoms with Crippen molar-refractivity contribution in [2.24, 2.45) is 5.73 Å². The predicted molar refractivity (Wildman–Crippen MR) is 174 cm³/mol. The molecule has 0 atom stereocenters. The molecule has 2 aromatic heterocycles. The monoisotopic (exact) mass is 633 g/mol. The molecular formula is C30H45Cl2N9O2. The SMILES string of the molecule is Cl.Cl.NC1CCC(Nc2nc(NC3CCN(OC(=O)NCCc4ccccc4)CC3)c3ncn(C4CCCC4)c3n2)CC1. The number of hydrogen-bond donors (Lipinski definition) is 4. The zero-order valence-electron chi connectivity index (χ0n) is 24.6. The van der Waals surface area contributed by atoms with Crippen molar-refractivity contribution in [2.75, 3.05) is 30.3 Å². The lowest BCUT2D eigenvalue weighted by Crippen LogP contribution is -2.42. The van der Waals surface area contributed by atoms with Crippen molar-refractivity contribution in [1.29, 1.82) is 0 Å². The number of piperidine rings is 1. The lowest BCUT2D eigenvalue weighted by atomic mass is 9.92. The van der Waals surface area contributed by atoms with Gasteiger partial charge in [0.25, 0.3) is 0 Å². The molecule has 236 valence electrons. The van der Waals surface area contributed by atoms with Crippen LogP contribution >= 0.6 is 24.8 Å². The Kier molecular flexibility index (Phi) is 12.1. The summed E-state index contributed by atoms with van der Waals surface area (Å²) in [6.07, 6.45) is 12.9. The van der Waals surface area contributed by atoms with Gasteiger partial charge in [0.2, 0.25) is 5.95 Å². The second-order valence-electron chi connectivity index (χ2n) is 11.8. The maximum atomic E-state index is 12.3. The van der Waals surface area contributed by atoms with Gasteiger partial charge in [-0.2, -0.15) is 9.97 Å². The number of nitrogens with two attached hydrogens (primary N) is 1. The average molecular weight is 635 g/mol. The molecule has 2 saturated carbocycles. The molecule has 0 radical (unpaired) electrons. The second-order valence-corrected chi connectivity index (χ2v) is 11.8. The molecule has 13 heteroatoms. The Hall–Kier alpha value is -2.86. The molecule has 5 N–H and O–H groups in total. The molecule has 0 bridgehead atoms. The number of hydroxylamine groups is 2. The van der Waals surface area contributed by atoms with Gasteiger partial charge in [-0.3, -0.25) is 0 Å². The smallest absolute Gasteiger partial charge is 0.365 e. The number of hydrogen-bond acceptors (Lipinski definition) is 9. The van der Waals surface area contributed by atoms with E-state index in [1.165, 1.54) is 31.2 Å². The number of anilines is 2. The summed E-state index contributed by atoms with van der Waals surface area (Å²) in [6.45, 7) is 1.85. The fraction of sp³-hybridized carbons (Fsp3) is 0.600. The third-order valence-corrected chi connectivity index (χ3v) is 8.78. The summed E-state index contributed by atoms with van der Waals surface area (Å²) < 4.78 is 2.25. The minimum absolute atomic E-state index is 0. The van der Waals surface area contributed by atoms with Crippen molar-refractivity contribution >= 4 is 53.8 Å². The van der Waals surface area contributed by atoms with E-state index in [0.29, 0.717) is 43.7 Å². The van der Waals surface area contributed by atoms with Crippen LogP contribution in [0.4, 0.5) is 16.6 Å². The molecule has 11 nitrogen and oxygen atoms in total. The fourth-order valence-electron chi connectivity index (χ4n) is 6.37. The Bertz CT molecular complexity index is 1290. The molecule has 3 heterocycles. The Morgan fingerprint density at radius 2 is 1.60 bits per heavy atom. The topological polar surface area (TPSA) is 135 Å². The first-order valence-electron chi connectivity index (χ1n) is 15.4. The lowest BCUT2D eigenvalue weighted by molar-refractivity contribution is -0.112. The number of carbonyl (C=O) groups is 1. The van der Waals surface area contributed by atoms with Gasteiger partial charge in [-0.15, -0.1) is 29.9 Å². The Morgan fingerprint density at radius 1 is 0.907 bits per heavy atom. The summed E-state index contributed by atoms with van der Waals surface area (Å²) in [5.41, 5.74) is 9.05. The number of fused-ring (bicyclic) bond motifs is 1. The van der Waals surface area contributed by atoms with Gasteiger partial charge in [0.05, 0.1) is 6.33 Å². The normalized spacial score (nSPS) is 21.5. The van der Waals surface area contributed by atoms with Crippen LogP contribution in [0.3, 0.4) is 0 Å². The Labute approximate surface area is 265 Å². The van der Waals surface area contributed by atoms with Gasteiger partial charge in [-0.05, 0) is 63.4 Å². The van der Waals surface area contributed by atoms with E-state index < -0.39 is 6.09 Å². The number of nitrogens with zero attached hydrogens (tertiary/aromatic N) is 5. The molecule has 0 spiro atoms. The van der Waals surface area contributed by atoms with Crippen molar-refractivity contribution in [3.8, 4) is 0 Å². The number of carbonyl (C=O) groups excluding carboxylic acids is 1. The van der Waals surface area contributed by atoms with Gasteiger partial charge in [0, 0.05) is 43.8 Å². The molecule has 1 aromatic carbocycles. The molecular weight excluding hydrogens is 589 g/mol. The Morgan fingerprint density at radius 3 is 2.33 bits per heavy atom. The third-order valence-electron chi connectivity index (χ3n) is 8.78. The van der Waals surface area contributed by atoms with E-state index in [-0.39, 0.29) is 30.9 Å². The molecule has 3 fully saturated rings. The molecule has 0 unspecified atom stereocenters. The molecule has 3 aromatic rings. The third kappa shape index (κ3) is 8.62. The van der Waals surface area contributed by atoms with Crippen molar-refractivity contribution in [1.82, 2.24) is 29.9 Å². The average Bonchev–Trinajstić information content (AvgIpc) is 3.66. The first-order valence-corrected chi connectivity index (χ1v) is 15.4. The van der Waals surface area contributed by atoms with E-state index in [0.717, 1.165) is 61.9 Å². The van der Waals surface area contributed by atoms with Gasteiger partial charge in [0.15, 0.2) is 17.0 Å². The summed E-state index contributed by atoms with van der Waals surface area (Å²) >= 11 is 0. The number of halogens is 2. The zero-order valence-corrected chi connectivity index (χ0v) is 26.3. The minimum Gasteiger partial charge on any atom is -0.365 e. The quantitative estimate of drug-likeness (QED) is 0.250. The number of nitrogens with one attached hydrogen (secondary N) is 3. The van der Waals surface area contributed by atoms with Crippen molar-refractivity contribution in [2.45, 2.75) is 94.8 Å². The van der Waals surface area contributed by atoms with E-state index in [4.69, 9.17) is 25.5 Å². The van der Waals surface area contributed by atoms with Crippen LogP contribution in [0.25, 0.3) is 11.2 Å². The van der Waals surface area contributed by atoms with Crippen LogP contribution in [-0.4, -0.2) is 68.4 Å². The summed E-state index contributed by atoms with van der Waals surface area (Å²) in [6, 6.07) is 11.4. The van der Waals surface area contributed by atoms with Crippen LogP contribution in [-0.2, 0) is 11.3 Å². The van der Waals surface area contributed by atoms with Crippen LogP contribution in [0.5, 0.6) is 0 Å². The van der Waals surface area contributed by atoms with E-state index in [9.17, 15) is 4.79 Å². The number of rotatable bonds is 9. The van der Waals surface area contributed by atoms with Gasteiger partial charge >= 0.3 is 6.09 Å². The van der Waals surface area contributed by atoms with Crippen LogP contribution < -0.4 is 21.7 Å². The maximum Gasteiger partial charge on any atom is 0.426 e. The van der Waals surface area contributed by atoms with Crippen LogP contribution in [0, 0.1) is 0 Å². The van der Waals surface area contributed by atoms with Crippen LogP contribution in [0.1, 0.15) is 75.8 Å². The van der Waals surface area contributed by atoms with Crippen LogP contribution in [0.2, 0.25) is 0 Å². The van der Waals surface area contributed by atoms with Crippen molar-refractivity contribution in [3.63, 3.8) is 0 Å². The molecule has 1 amide bonds. The zero-order chi connectivity index (χ0) is 28.0. The molecule has 3 aliphatic rings. The van der Waals surface area contributed by atoms with E-state index >= 15 is 0 Å². The van der Waals surface area contributed by atoms with Gasteiger partial charge in [-0.1, -0.05) is 43.2 Å². The number of aromatic nitrogens is 4. The highest BCUT2D eigenvalue weighted by atomic mass is 35.5. The summed E-state index contributed by atoms with van der Waals surface area (Å²) in [4.78, 5) is 32.6. The first-order chi connectivity index (χ1) is 20.1. The largest absolute Gasteiger partial charge is 0.426 e. The first kappa shape index (κ1) is 33.0. The van der Waals surface area contributed by atoms with Gasteiger partial charge < -0.3 is 31.1 Å². The highest BCUT2D eigenvalue weighted by molar-refractivity contribution is 5.86. The second kappa shape index (κ2) is 15.7. The predicted octanol–water partition coefficient (Wildman–Crippen LogP) is 5.23. The maximum absolute atomic E-state index is 12.3. The van der Waals surface area contributed by atoms with Gasteiger partial charge in [0.1, 0.15) is 0 Å². The summed E-state index contributed by atoms with van der Waals surface area (Å²) in [7, 11) is 0. The lowest BCUT2D eigenvalue weighted by Gasteiger charge is -2.31. The number of benzene rings is 1. The van der Waals surface area contributed by atoms with E-state index in [1.54, 1.807) is 5.06 Å². The Balaban J connectivity index is 0.00000212. The number of imidazole rings is 1. The molecule has 1 saturated heterocycles. The van der Waals surface area contributed by atoms with E-state index in [2.05, 4.69) is 32.7 Å². The molecule has 2 aliphatic carbocycles. The van der Waals surface area contributed by atoms with E-state index in [1.807, 2.05) is 24.5 Å². The highest BCUT2D eigenvalue weighted by Gasteiger charge is 2.27. The fourth-order valence-corrected chi connectivity index (χ4v) is 6.37.